The maximum absolute atomic E-state index is 12.1. The fraction of sp³-hybridized carbons (Fsp3) is 0.0714. The molecule has 1 aromatic carbocycles. The number of hydrogen-bond donors (Lipinski definition) is 2. The first kappa shape index (κ1) is 14.0. The number of nitrogens with zero attached hydrogens (tertiary/aromatic N) is 1. The molecule has 0 aliphatic carbocycles. The second-order valence-electron chi connectivity index (χ2n) is 4.15. The maximum atomic E-state index is 12.1. The molecule has 0 saturated heterocycles. The van der Waals surface area contributed by atoms with Crippen molar-refractivity contribution < 1.29 is 14.7 Å². The maximum Gasteiger partial charge on any atom is 0.354 e. The summed E-state index contributed by atoms with van der Waals surface area (Å²) >= 11 is 5.83. The predicted octanol–water partition coefficient (Wildman–Crippen LogP) is 2.99. The topological polar surface area (TPSA) is 79.3 Å². The predicted molar refractivity (Wildman–Crippen MR) is 75.3 cm³/mol. The Morgan fingerprint density at radius 3 is 2.55 bits per heavy atom. The van der Waals surface area contributed by atoms with Crippen LogP contribution in [0.1, 0.15) is 26.4 Å². The zero-order chi connectivity index (χ0) is 14.7. The van der Waals surface area contributed by atoms with E-state index in [1.54, 1.807) is 25.1 Å². The van der Waals surface area contributed by atoms with Gasteiger partial charge in [-0.1, -0.05) is 11.6 Å². The van der Waals surface area contributed by atoms with E-state index in [0.717, 1.165) is 5.56 Å². The van der Waals surface area contributed by atoms with Crippen LogP contribution >= 0.6 is 11.6 Å². The van der Waals surface area contributed by atoms with Gasteiger partial charge in [0.05, 0.1) is 11.9 Å². The van der Waals surface area contributed by atoms with Crippen molar-refractivity contribution in [1.82, 2.24) is 4.98 Å². The zero-order valence-electron chi connectivity index (χ0n) is 10.6. The van der Waals surface area contributed by atoms with Gasteiger partial charge in [0.2, 0.25) is 0 Å². The molecule has 1 aromatic heterocycles. The van der Waals surface area contributed by atoms with Gasteiger partial charge >= 0.3 is 5.97 Å². The Hall–Kier alpha value is -2.40. The lowest BCUT2D eigenvalue weighted by Gasteiger charge is -2.07. The first-order valence-electron chi connectivity index (χ1n) is 5.74. The smallest absolute Gasteiger partial charge is 0.354 e. The molecule has 0 atom stereocenters. The molecule has 1 amide bonds. The second kappa shape index (κ2) is 5.71. The van der Waals surface area contributed by atoms with Crippen LogP contribution in [0.15, 0.2) is 36.5 Å². The Morgan fingerprint density at radius 1 is 1.25 bits per heavy atom. The lowest BCUT2D eigenvalue weighted by atomic mass is 10.1. The van der Waals surface area contributed by atoms with Crippen LogP contribution in [0.3, 0.4) is 0 Å². The minimum absolute atomic E-state index is 0.0781. The van der Waals surface area contributed by atoms with Crippen LogP contribution in [-0.4, -0.2) is 22.0 Å². The molecule has 2 N–H and O–H groups in total. The summed E-state index contributed by atoms with van der Waals surface area (Å²) < 4.78 is 0. The van der Waals surface area contributed by atoms with Crippen molar-refractivity contribution in [2.75, 3.05) is 5.32 Å². The molecule has 6 heteroatoms. The Labute approximate surface area is 120 Å². The van der Waals surface area contributed by atoms with E-state index in [0.29, 0.717) is 16.3 Å². The van der Waals surface area contributed by atoms with E-state index in [2.05, 4.69) is 10.3 Å². The average Bonchev–Trinajstić information content (AvgIpc) is 2.39. The molecule has 0 aliphatic rings. The molecule has 0 radical (unpaired) electrons. The number of aromatic carboxylic acids is 1. The Kier molecular flexibility index (Phi) is 4.00. The van der Waals surface area contributed by atoms with Gasteiger partial charge in [-0.05, 0) is 42.8 Å². The number of aryl methyl sites for hydroxylation is 1. The Bertz CT molecular complexity index is 669. The highest BCUT2D eigenvalue weighted by atomic mass is 35.5. The standard InChI is InChI=1S/C14H11ClN2O3/c1-8-6-9(15)2-4-11(8)13(18)17-10-3-5-12(14(19)20)16-7-10/h2-7H,1H3,(H,17,18)(H,19,20). The van der Waals surface area contributed by atoms with Gasteiger partial charge in [0, 0.05) is 10.6 Å². The Morgan fingerprint density at radius 2 is 2.00 bits per heavy atom. The van der Waals surface area contributed by atoms with Crippen molar-refractivity contribution in [2.45, 2.75) is 6.92 Å². The van der Waals surface area contributed by atoms with Crippen molar-refractivity contribution in [3.63, 3.8) is 0 Å². The number of amides is 1. The van der Waals surface area contributed by atoms with Gasteiger partial charge in [-0.15, -0.1) is 0 Å². The number of carbonyl (C=O) groups excluding carboxylic acids is 1. The summed E-state index contributed by atoms with van der Waals surface area (Å²) in [5.41, 5.74) is 1.60. The van der Waals surface area contributed by atoms with Crippen LogP contribution in [0.5, 0.6) is 0 Å². The van der Waals surface area contributed by atoms with Crippen molar-refractivity contribution in [3.05, 3.63) is 58.4 Å². The molecule has 102 valence electrons. The molecule has 0 unspecified atom stereocenters. The molecule has 0 aliphatic heterocycles. The molecule has 20 heavy (non-hydrogen) atoms. The van der Waals surface area contributed by atoms with Crippen molar-refractivity contribution in [1.29, 1.82) is 0 Å². The highest BCUT2D eigenvalue weighted by Gasteiger charge is 2.10. The molecule has 0 saturated carbocycles. The van der Waals surface area contributed by atoms with Crippen molar-refractivity contribution in [2.24, 2.45) is 0 Å². The molecule has 2 aromatic rings. The molecule has 0 fully saturated rings. The molecule has 0 spiro atoms. The quantitative estimate of drug-likeness (QED) is 0.911. The summed E-state index contributed by atoms with van der Waals surface area (Å²) in [4.78, 5) is 26.5. The van der Waals surface area contributed by atoms with Gasteiger partial charge in [0.1, 0.15) is 5.69 Å². The monoisotopic (exact) mass is 290 g/mol. The summed E-state index contributed by atoms with van der Waals surface area (Å²) in [5, 5.41) is 11.9. The first-order chi connectivity index (χ1) is 9.47. The number of rotatable bonds is 3. The number of benzene rings is 1. The van der Waals surface area contributed by atoms with Crippen molar-refractivity contribution in [3.8, 4) is 0 Å². The van der Waals surface area contributed by atoms with Gasteiger partial charge in [-0.3, -0.25) is 4.79 Å². The van der Waals surface area contributed by atoms with Gasteiger partial charge in [-0.2, -0.15) is 0 Å². The summed E-state index contributed by atoms with van der Waals surface area (Å²) in [7, 11) is 0. The first-order valence-corrected chi connectivity index (χ1v) is 6.12. The van der Waals surface area contributed by atoms with Gasteiger partial charge in [0.15, 0.2) is 0 Å². The van der Waals surface area contributed by atoms with E-state index in [4.69, 9.17) is 16.7 Å². The molecular formula is C14H11ClN2O3. The van der Waals surface area contributed by atoms with Crippen LogP contribution in [-0.2, 0) is 0 Å². The highest BCUT2D eigenvalue weighted by Crippen LogP contribution is 2.17. The zero-order valence-corrected chi connectivity index (χ0v) is 11.3. The van der Waals surface area contributed by atoms with Gasteiger partial charge in [0.25, 0.3) is 5.91 Å². The molecule has 0 bridgehead atoms. The van der Waals surface area contributed by atoms with Crippen LogP contribution in [0.25, 0.3) is 0 Å². The number of carbonyl (C=O) groups is 2. The fourth-order valence-corrected chi connectivity index (χ4v) is 1.90. The summed E-state index contributed by atoms with van der Waals surface area (Å²) in [6.45, 7) is 1.78. The van der Waals surface area contributed by atoms with E-state index < -0.39 is 5.97 Å². The van der Waals surface area contributed by atoms with E-state index in [-0.39, 0.29) is 11.6 Å². The number of pyridine rings is 1. The number of halogens is 1. The van der Waals surface area contributed by atoms with E-state index in [1.807, 2.05) is 0 Å². The van der Waals surface area contributed by atoms with E-state index >= 15 is 0 Å². The number of nitrogens with one attached hydrogen (secondary N) is 1. The molecule has 1 heterocycles. The largest absolute Gasteiger partial charge is 0.477 e. The van der Waals surface area contributed by atoms with Crippen LogP contribution in [0.4, 0.5) is 5.69 Å². The number of hydrogen-bond acceptors (Lipinski definition) is 3. The van der Waals surface area contributed by atoms with E-state index in [1.165, 1.54) is 18.3 Å². The number of anilines is 1. The summed E-state index contributed by atoms with van der Waals surface area (Å²) in [5.74, 6) is -1.42. The van der Waals surface area contributed by atoms with Crippen LogP contribution in [0, 0.1) is 6.92 Å². The highest BCUT2D eigenvalue weighted by molar-refractivity contribution is 6.30. The SMILES string of the molecule is Cc1cc(Cl)ccc1C(=O)Nc1ccc(C(=O)O)nc1. The van der Waals surface area contributed by atoms with E-state index in [9.17, 15) is 9.59 Å². The summed E-state index contributed by atoms with van der Waals surface area (Å²) in [6.07, 6.45) is 1.30. The van der Waals surface area contributed by atoms with Crippen LogP contribution in [0.2, 0.25) is 5.02 Å². The lowest BCUT2D eigenvalue weighted by molar-refractivity contribution is 0.0690. The molecule has 2 rings (SSSR count). The number of carboxylic acid groups (broad SMARTS) is 1. The van der Waals surface area contributed by atoms with Crippen LogP contribution < -0.4 is 5.32 Å². The third-order valence-corrected chi connectivity index (χ3v) is 2.91. The second-order valence-corrected chi connectivity index (χ2v) is 4.59. The number of aromatic nitrogens is 1. The van der Waals surface area contributed by atoms with Gasteiger partial charge in [-0.25, -0.2) is 9.78 Å². The molecular weight excluding hydrogens is 280 g/mol. The average molecular weight is 291 g/mol. The lowest BCUT2D eigenvalue weighted by Crippen LogP contribution is -2.13. The van der Waals surface area contributed by atoms with Crippen molar-refractivity contribution >= 4 is 29.2 Å². The minimum atomic E-state index is -1.11. The van der Waals surface area contributed by atoms with Gasteiger partial charge < -0.3 is 10.4 Å². The Balaban J connectivity index is 2.17. The number of carboxylic acids is 1. The third kappa shape index (κ3) is 3.13. The fourth-order valence-electron chi connectivity index (χ4n) is 1.67. The minimum Gasteiger partial charge on any atom is -0.477 e. The normalized spacial score (nSPS) is 10.1. The summed E-state index contributed by atoms with van der Waals surface area (Å²) in [6, 6.07) is 7.77. The third-order valence-electron chi connectivity index (χ3n) is 2.67. The molecule has 5 nitrogen and oxygen atoms in total.